The van der Waals surface area contributed by atoms with Crippen LogP contribution in [-0.2, 0) is 19.9 Å². The maximum atomic E-state index is 14.0. The quantitative estimate of drug-likeness (QED) is 0.726. The van der Waals surface area contributed by atoms with Crippen LogP contribution >= 0.6 is 0 Å². The molecular formula is C17H24FNO5S2. The molecule has 3 rings (SSSR count). The Bertz CT molecular complexity index is 857. The summed E-state index contributed by atoms with van der Waals surface area (Å²) in [7, 11) is -7.23. The highest BCUT2D eigenvalue weighted by atomic mass is 32.2. The molecule has 0 radical (unpaired) electrons. The van der Waals surface area contributed by atoms with Gasteiger partial charge in [0.25, 0.3) is 0 Å². The average Bonchev–Trinajstić information content (AvgIpc) is 2.55. The lowest BCUT2D eigenvalue weighted by atomic mass is 10.0. The highest BCUT2D eigenvalue weighted by Crippen LogP contribution is 2.33. The van der Waals surface area contributed by atoms with E-state index in [1.807, 2.05) is 0 Å². The lowest BCUT2D eigenvalue weighted by molar-refractivity contribution is 0.305. The van der Waals surface area contributed by atoms with Gasteiger partial charge in [0.15, 0.2) is 21.4 Å². The number of hydrogen-bond donors (Lipinski definition) is 0. The van der Waals surface area contributed by atoms with Gasteiger partial charge in [-0.1, -0.05) is 19.3 Å². The summed E-state index contributed by atoms with van der Waals surface area (Å²) < 4.78 is 70.6. The summed E-state index contributed by atoms with van der Waals surface area (Å²) in [6.45, 7) is 1.86. The molecule has 0 atom stereocenters. The predicted molar refractivity (Wildman–Crippen MR) is 95.9 cm³/mol. The van der Waals surface area contributed by atoms with Gasteiger partial charge in [-0.05, 0) is 38.0 Å². The van der Waals surface area contributed by atoms with Crippen LogP contribution in [0.25, 0.3) is 0 Å². The van der Waals surface area contributed by atoms with Gasteiger partial charge in [-0.25, -0.2) is 21.2 Å². The number of nitrogens with zero attached hydrogens (tertiary/aromatic N) is 1. The molecule has 1 aromatic rings. The van der Waals surface area contributed by atoms with E-state index in [0.717, 1.165) is 29.6 Å². The Morgan fingerprint density at radius 2 is 1.73 bits per heavy atom. The Hall–Kier alpha value is -1.19. The third kappa shape index (κ3) is 3.61. The van der Waals surface area contributed by atoms with Crippen LogP contribution in [0.1, 0.15) is 39.0 Å². The average molecular weight is 406 g/mol. The van der Waals surface area contributed by atoms with Crippen LogP contribution in [0.2, 0.25) is 0 Å². The van der Waals surface area contributed by atoms with E-state index in [4.69, 9.17) is 4.74 Å². The Balaban J connectivity index is 1.70. The van der Waals surface area contributed by atoms with Gasteiger partial charge in [0.05, 0.1) is 22.0 Å². The summed E-state index contributed by atoms with van der Waals surface area (Å²) in [4.78, 5) is -0.188. The number of benzene rings is 1. The van der Waals surface area contributed by atoms with Crippen molar-refractivity contribution in [3.05, 3.63) is 24.0 Å². The summed E-state index contributed by atoms with van der Waals surface area (Å²) in [6, 6.07) is 3.48. The molecule has 0 aromatic heterocycles. The second kappa shape index (κ2) is 7.44. The SMILES string of the molecule is CCOc1ccc(S(=O)(=O)N2CC(S(=O)(=O)C3CCCCC3)C2)cc1F. The van der Waals surface area contributed by atoms with Gasteiger partial charge in [-0.15, -0.1) is 0 Å². The highest BCUT2D eigenvalue weighted by molar-refractivity contribution is 7.93. The monoisotopic (exact) mass is 405 g/mol. The van der Waals surface area contributed by atoms with Crippen molar-refractivity contribution in [2.75, 3.05) is 19.7 Å². The van der Waals surface area contributed by atoms with Crippen LogP contribution in [0.4, 0.5) is 4.39 Å². The van der Waals surface area contributed by atoms with Gasteiger partial charge in [0, 0.05) is 13.1 Å². The molecule has 1 aliphatic heterocycles. The molecule has 0 spiro atoms. The van der Waals surface area contributed by atoms with E-state index < -0.39 is 30.9 Å². The summed E-state index contributed by atoms with van der Waals surface area (Å²) in [5.41, 5.74) is 0. The number of rotatable bonds is 6. The molecule has 2 aliphatic rings. The van der Waals surface area contributed by atoms with Crippen LogP contribution in [0.15, 0.2) is 23.1 Å². The zero-order chi connectivity index (χ0) is 18.9. The number of hydrogen-bond acceptors (Lipinski definition) is 5. The number of ether oxygens (including phenoxy) is 1. The van der Waals surface area contributed by atoms with E-state index in [-0.39, 0.29) is 35.6 Å². The van der Waals surface area contributed by atoms with E-state index in [1.165, 1.54) is 12.1 Å². The van der Waals surface area contributed by atoms with Crippen LogP contribution in [0, 0.1) is 5.82 Å². The van der Waals surface area contributed by atoms with Gasteiger partial charge in [-0.3, -0.25) is 0 Å². The zero-order valence-corrected chi connectivity index (χ0v) is 16.4. The number of halogens is 1. The largest absolute Gasteiger partial charge is 0.491 e. The Labute approximate surface area is 154 Å². The molecule has 0 amide bonds. The maximum absolute atomic E-state index is 14.0. The molecule has 0 bridgehead atoms. The third-order valence-electron chi connectivity index (χ3n) is 5.14. The molecule has 146 valence electrons. The van der Waals surface area contributed by atoms with Crippen LogP contribution in [-0.4, -0.2) is 51.3 Å². The fourth-order valence-corrected chi connectivity index (χ4v) is 7.58. The molecule has 1 saturated carbocycles. The Morgan fingerprint density at radius 1 is 1.08 bits per heavy atom. The van der Waals surface area contributed by atoms with Gasteiger partial charge in [0.2, 0.25) is 10.0 Å². The smallest absolute Gasteiger partial charge is 0.243 e. The molecule has 0 N–H and O–H groups in total. The molecule has 2 fully saturated rings. The molecule has 6 nitrogen and oxygen atoms in total. The molecule has 1 heterocycles. The van der Waals surface area contributed by atoms with Crippen molar-refractivity contribution in [1.29, 1.82) is 0 Å². The first kappa shape index (κ1) is 19.6. The van der Waals surface area contributed by atoms with Crippen molar-refractivity contribution < 1.29 is 26.0 Å². The standard InChI is InChI=1S/C17H24FNO5S2/c1-2-24-17-9-8-14(10-16(17)18)26(22,23)19-11-15(12-19)25(20,21)13-6-4-3-5-7-13/h8-10,13,15H,2-7,11-12H2,1H3. The van der Waals surface area contributed by atoms with E-state index in [9.17, 15) is 21.2 Å². The van der Waals surface area contributed by atoms with Gasteiger partial charge in [-0.2, -0.15) is 4.31 Å². The minimum Gasteiger partial charge on any atom is -0.491 e. The van der Waals surface area contributed by atoms with Crippen molar-refractivity contribution in [3.8, 4) is 5.75 Å². The summed E-state index contributed by atoms with van der Waals surface area (Å²) in [5.74, 6) is -0.757. The van der Waals surface area contributed by atoms with Gasteiger partial charge in [0.1, 0.15) is 0 Å². The minimum absolute atomic E-state index is 0.00666. The molecule has 0 unspecified atom stereocenters. The van der Waals surface area contributed by atoms with E-state index in [1.54, 1.807) is 6.92 Å². The maximum Gasteiger partial charge on any atom is 0.243 e. The van der Waals surface area contributed by atoms with Crippen molar-refractivity contribution in [1.82, 2.24) is 4.31 Å². The van der Waals surface area contributed by atoms with E-state index >= 15 is 0 Å². The first-order chi connectivity index (χ1) is 12.3. The van der Waals surface area contributed by atoms with E-state index in [2.05, 4.69) is 0 Å². The van der Waals surface area contributed by atoms with Crippen molar-refractivity contribution in [2.45, 2.75) is 54.4 Å². The molecule has 1 saturated heterocycles. The first-order valence-corrected chi connectivity index (χ1v) is 12.0. The van der Waals surface area contributed by atoms with Crippen molar-refractivity contribution in [2.24, 2.45) is 0 Å². The van der Waals surface area contributed by atoms with Gasteiger partial charge < -0.3 is 4.74 Å². The summed E-state index contributed by atoms with van der Waals surface area (Å²) >= 11 is 0. The van der Waals surface area contributed by atoms with Gasteiger partial charge >= 0.3 is 0 Å². The lowest BCUT2D eigenvalue weighted by Gasteiger charge is -2.39. The van der Waals surface area contributed by atoms with Crippen LogP contribution in [0.3, 0.4) is 0 Å². The topological polar surface area (TPSA) is 80.8 Å². The predicted octanol–water partition coefficient (Wildman–Crippen LogP) is 2.34. The van der Waals surface area contributed by atoms with Crippen molar-refractivity contribution in [3.63, 3.8) is 0 Å². The second-order valence-corrected chi connectivity index (χ2v) is 11.3. The Kier molecular flexibility index (Phi) is 5.60. The molecule has 9 heteroatoms. The fourth-order valence-electron chi connectivity index (χ4n) is 3.53. The molecule has 1 aromatic carbocycles. The molecular weight excluding hydrogens is 381 g/mol. The number of sulfone groups is 1. The first-order valence-electron chi connectivity index (χ1n) is 8.92. The van der Waals surface area contributed by atoms with Crippen molar-refractivity contribution >= 4 is 19.9 Å². The third-order valence-corrected chi connectivity index (χ3v) is 9.59. The molecule has 26 heavy (non-hydrogen) atoms. The highest BCUT2D eigenvalue weighted by Gasteiger charge is 2.46. The molecule has 1 aliphatic carbocycles. The number of sulfonamides is 1. The normalized spacial score (nSPS) is 20.7. The van der Waals surface area contributed by atoms with Crippen LogP contribution in [0.5, 0.6) is 5.75 Å². The fraction of sp³-hybridized carbons (Fsp3) is 0.647. The Morgan fingerprint density at radius 3 is 2.31 bits per heavy atom. The van der Waals surface area contributed by atoms with E-state index in [0.29, 0.717) is 12.8 Å². The minimum atomic E-state index is -3.91. The lowest BCUT2D eigenvalue weighted by Crippen LogP contribution is -2.58. The summed E-state index contributed by atoms with van der Waals surface area (Å²) in [5, 5.41) is -1.01. The second-order valence-electron chi connectivity index (χ2n) is 6.82. The zero-order valence-electron chi connectivity index (χ0n) is 14.7. The van der Waals surface area contributed by atoms with Crippen LogP contribution < -0.4 is 4.74 Å². The summed E-state index contributed by atoms with van der Waals surface area (Å²) in [6.07, 6.45) is 4.19.